The summed E-state index contributed by atoms with van der Waals surface area (Å²) < 4.78 is 0.838. The average molecular weight is 346 g/mol. The number of nitrogens with two attached hydrogens (primary N) is 1. The van der Waals surface area contributed by atoms with Gasteiger partial charge in [0.05, 0.1) is 5.69 Å². The standard InChI is InChI=1S/C14H18BrClN2O/c15-12-6-5-10(16)7-13(12)18-14(19)11-4-2-1-3-9(11)8-17/h5-7,9,11H,1-4,8,17H2,(H,18,19). The van der Waals surface area contributed by atoms with Crippen LogP contribution in [0, 0.1) is 11.8 Å². The van der Waals surface area contributed by atoms with Gasteiger partial charge < -0.3 is 11.1 Å². The van der Waals surface area contributed by atoms with Crippen molar-refractivity contribution in [3.05, 3.63) is 27.7 Å². The maximum Gasteiger partial charge on any atom is 0.227 e. The van der Waals surface area contributed by atoms with Crippen LogP contribution in [0.25, 0.3) is 0 Å². The molecule has 0 aliphatic heterocycles. The number of rotatable bonds is 3. The van der Waals surface area contributed by atoms with Crippen LogP contribution in [0.4, 0.5) is 5.69 Å². The van der Waals surface area contributed by atoms with Crippen LogP contribution in [0.3, 0.4) is 0 Å². The number of hydrogen-bond acceptors (Lipinski definition) is 2. The fourth-order valence-electron chi connectivity index (χ4n) is 2.65. The van der Waals surface area contributed by atoms with Crippen LogP contribution in [-0.4, -0.2) is 12.5 Å². The highest BCUT2D eigenvalue weighted by molar-refractivity contribution is 9.10. The number of halogens is 2. The van der Waals surface area contributed by atoms with Gasteiger partial charge in [0.2, 0.25) is 5.91 Å². The highest BCUT2D eigenvalue weighted by Gasteiger charge is 2.30. The molecule has 2 rings (SSSR count). The molecule has 0 radical (unpaired) electrons. The molecule has 3 N–H and O–H groups in total. The Morgan fingerprint density at radius 3 is 2.89 bits per heavy atom. The molecule has 1 saturated carbocycles. The first-order valence-corrected chi connectivity index (χ1v) is 7.75. The molecular formula is C14H18BrClN2O. The van der Waals surface area contributed by atoms with E-state index in [-0.39, 0.29) is 11.8 Å². The molecule has 1 aliphatic carbocycles. The third-order valence-corrected chi connectivity index (χ3v) is 4.66. The van der Waals surface area contributed by atoms with E-state index in [2.05, 4.69) is 21.2 Å². The van der Waals surface area contributed by atoms with Crippen molar-refractivity contribution < 1.29 is 4.79 Å². The summed E-state index contributed by atoms with van der Waals surface area (Å²) in [6, 6.07) is 5.37. The Balaban J connectivity index is 2.09. The minimum Gasteiger partial charge on any atom is -0.330 e. The number of hydrogen-bond donors (Lipinski definition) is 2. The lowest BCUT2D eigenvalue weighted by atomic mass is 9.78. The van der Waals surface area contributed by atoms with E-state index < -0.39 is 0 Å². The second-order valence-electron chi connectivity index (χ2n) is 5.00. The first kappa shape index (κ1) is 14.8. The lowest BCUT2D eigenvalue weighted by Crippen LogP contribution is -2.35. The zero-order chi connectivity index (χ0) is 13.8. The summed E-state index contributed by atoms with van der Waals surface area (Å²) in [6.45, 7) is 0.578. The van der Waals surface area contributed by atoms with Gasteiger partial charge in [0.25, 0.3) is 0 Å². The Bertz CT molecular complexity index is 467. The molecule has 2 unspecified atom stereocenters. The van der Waals surface area contributed by atoms with Gasteiger partial charge in [-0.1, -0.05) is 24.4 Å². The van der Waals surface area contributed by atoms with Crippen molar-refractivity contribution in [2.24, 2.45) is 17.6 Å². The van der Waals surface area contributed by atoms with Crippen molar-refractivity contribution >= 4 is 39.1 Å². The van der Waals surface area contributed by atoms with Crippen LogP contribution in [0.5, 0.6) is 0 Å². The van der Waals surface area contributed by atoms with E-state index >= 15 is 0 Å². The van der Waals surface area contributed by atoms with Crippen molar-refractivity contribution in [2.45, 2.75) is 25.7 Å². The van der Waals surface area contributed by atoms with E-state index in [0.717, 1.165) is 29.4 Å². The lowest BCUT2D eigenvalue weighted by molar-refractivity contribution is -0.122. The lowest BCUT2D eigenvalue weighted by Gasteiger charge is -2.29. The monoisotopic (exact) mass is 344 g/mol. The highest BCUT2D eigenvalue weighted by Crippen LogP contribution is 2.32. The third-order valence-electron chi connectivity index (χ3n) is 3.73. The summed E-state index contributed by atoms with van der Waals surface area (Å²) in [6.07, 6.45) is 4.25. The minimum atomic E-state index is 0.0182. The molecule has 1 fully saturated rings. The third kappa shape index (κ3) is 3.71. The van der Waals surface area contributed by atoms with E-state index in [1.165, 1.54) is 6.42 Å². The topological polar surface area (TPSA) is 55.1 Å². The molecule has 3 nitrogen and oxygen atoms in total. The minimum absolute atomic E-state index is 0.0182. The molecule has 0 spiro atoms. The maximum absolute atomic E-state index is 12.4. The Morgan fingerprint density at radius 1 is 1.42 bits per heavy atom. The van der Waals surface area contributed by atoms with Gasteiger partial charge in [-0.2, -0.15) is 0 Å². The van der Waals surface area contributed by atoms with Crippen LogP contribution in [0.15, 0.2) is 22.7 Å². The van der Waals surface area contributed by atoms with Crippen molar-refractivity contribution in [1.29, 1.82) is 0 Å². The van der Waals surface area contributed by atoms with Crippen LogP contribution in [0.2, 0.25) is 5.02 Å². The first-order valence-electron chi connectivity index (χ1n) is 6.58. The SMILES string of the molecule is NCC1CCCCC1C(=O)Nc1cc(Cl)ccc1Br. The van der Waals surface area contributed by atoms with Crippen molar-refractivity contribution in [3.63, 3.8) is 0 Å². The zero-order valence-electron chi connectivity index (χ0n) is 10.7. The molecule has 5 heteroatoms. The molecule has 0 bridgehead atoms. The van der Waals surface area contributed by atoms with Gasteiger partial charge in [0.15, 0.2) is 0 Å². The van der Waals surface area contributed by atoms with Gasteiger partial charge in [-0.05, 0) is 59.4 Å². The van der Waals surface area contributed by atoms with E-state index in [9.17, 15) is 4.79 Å². The largest absolute Gasteiger partial charge is 0.330 e. The van der Waals surface area contributed by atoms with E-state index in [1.807, 2.05) is 6.07 Å². The van der Waals surface area contributed by atoms with Gasteiger partial charge in [-0.25, -0.2) is 0 Å². The summed E-state index contributed by atoms with van der Waals surface area (Å²) in [5.74, 6) is 0.370. The van der Waals surface area contributed by atoms with Crippen LogP contribution < -0.4 is 11.1 Å². The molecule has 0 heterocycles. The molecule has 2 atom stereocenters. The molecule has 1 aromatic carbocycles. The highest BCUT2D eigenvalue weighted by atomic mass is 79.9. The molecule has 1 amide bonds. The van der Waals surface area contributed by atoms with Crippen molar-refractivity contribution in [1.82, 2.24) is 0 Å². The fraction of sp³-hybridized carbons (Fsp3) is 0.500. The number of carbonyl (C=O) groups excluding carboxylic acids is 1. The van der Waals surface area contributed by atoms with Crippen LogP contribution >= 0.6 is 27.5 Å². The average Bonchev–Trinajstić information content (AvgIpc) is 2.42. The second kappa shape index (κ2) is 6.73. The smallest absolute Gasteiger partial charge is 0.227 e. The van der Waals surface area contributed by atoms with Crippen molar-refractivity contribution in [3.8, 4) is 0 Å². The summed E-state index contributed by atoms with van der Waals surface area (Å²) >= 11 is 9.37. The molecule has 0 aromatic heterocycles. The zero-order valence-corrected chi connectivity index (χ0v) is 13.0. The van der Waals surface area contributed by atoms with E-state index in [0.29, 0.717) is 17.5 Å². The van der Waals surface area contributed by atoms with E-state index in [1.54, 1.807) is 12.1 Å². The molecule has 19 heavy (non-hydrogen) atoms. The molecule has 1 aromatic rings. The summed E-state index contributed by atoms with van der Waals surface area (Å²) in [7, 11) is 0. The number of benzene rings is 1. The van der Waals surface area contributed by atoms with Crippen LogP contribution in [-0.2, 0) is 4.79 Å². The van der Waals surface area contributed by atoms with Gasteiger partial charge in [0.1, 0.15) is 0 Å². The van der Waals surface area contributed by atoms with E-state index in [4.69, 9.17) is 17.3 Å². The van der Waals surface area contributed by atoms with Gasteiger partial charge in [-0.3, -0.25) is 4.79 Å². The Morgan fingerprint density at radius 2 is 2.16 bits per heavy atom. The number of anilines is 1. The maximum atomic E-state index is 12.4. The van der Waals surface area contributed by atoms with Crippen molar-refractivity contribution in [2.75, 3.05) is 11.9 Å². The van der Waals surface area contributed by atoms with Crippen LogP contribution in [0.1, 0.15) is 25.7 Å². The predicted octanol–water partition coefficient (Wildman–Crippen LogP) is 3.81. The second-order valence-corrected chi connectivity index (χ2v) is 6.29. The quantitative estimate of drug-likeness (QED) is 0.875. The number of amides is 1. The Labute approximate surface area is 127 Å². The summed E-state index contributed by atoms with van der Waals surface area (Å²) in [5.41, 5.74) is 6.49. The molecule has 0 saturated heterocycles. The summed E-state index contributed by atoms with van der Waals surface area (Å²) in [4.78, 5) is 12.4. The number of carbonyl (C=O) groups is 1. The predicted molar refractivity (Wildman–Crippen MR) is 82.3 cm³/mol. The van der Waals surface area contributed by atoms with Gasteiger partial charge in [0, 0.05) is 15.4 Å². The van der Waals surface area contributed by atoms with Gasteiger partial charge >= 0.3 is 0 Å². The Kier molecular flexibility index (Phi) is 5.25. The molecular weight excluding hydrogens is 328 g/mol. The summed E-state index contributed by atoms with van der Waals surface area (Å²) in [5, 5.41) is 3.57. The Hall–Kier alpha value is -0.580. The number of nitrogens with one attached hydrogen (secondary N) is 1. The molecule has 1 aliphatic rings. The first-order chi connectivity index (χ1) is 9.11. The normalized spacial score (nSPS) is 23.1. The fourth-order valence-corrected chi connectivity index (χ4v) is 3.17. The van der Waals surface area contributed by atoms with Gasteiger partial charge in [-0.15, -0.1) is 0 Å². The molecule has 104 valence electrons.